The van der Waals surface area contributed by atoms with Crippen LogP contribution in [0.5, 0.6) is 0 Å². The van der Waals surface area contributed by atoms with Crippen LogP contribution in [0.3, 0.4) is 0 Å². The van der Waals surface area contributed by atoms with Crippen LogP contribution in [0.15, 0.2) is 59.6 Å². The van der Waals surface area contributed by atoms with Crippen LogP contribution in [-0.2, 0) is 34.0 Å². The summed E-state index contributed by atoms with van der Waals surface area (Å²) in [6, 6.07) is 6.80. The zero-order valence-electron chi connectivity index (χ0n) is 14.8. The standard InChI is InChI=1S/C19H18N2O6/c1-4-9-26-17(23)14-15(20)19(18(24)27-14)11-7-5-6-8-12(11)21-10(2)13(19)16(22)25-3/h4-8,21H,1,9,20H2,2-3H3/t19-/m1/s1. The molecule has 2 heterocycles. The van der Waals surface area contributed by atoms with Crippen LogP contribution in [0.1, 0.15) is 12.5 Å². The van der Waals surface area contributed by atoms with Gasteiger partial charge in [-0.2, -0.15) is 0 Å². The third-order valence-electron chi connectivity index (χ3n) is 4.46. The van der Waals surface area contributed by atoms with Crippen molar-refractivity contribution in [2.24, 2.45) is 5.73 Å². The number of fused-ring (bicyclic) bond motifs is 2. The van der Waals surface area contributed by atoms with Crippen LogP contribution in [-0.4, -0.2) is 31.6 Å². The van der Waals surface area contributed by atoms with E-state index in [2.05, 4.69) is 11.9 Å². The number of benzene rings is 1. The lowest BCUT2D eigenvalue weighted by Gasteiger charge is -2.35. The number of anilines is 1. The zero-order chi connectivity index (χ0) is 19.8. The van der Waals surface area contributed by atoms with E-state index in [1.807, 2.05) is 0 Å². The van der Waals surface area contributed by atoms with Gasteiger partial charge < -0.3 is 25.3 Å². The number of allylic oxidation sites excluding steroid dienone is 1. The van der Waals surface area contributed by atoms with Crippen molar-refractivity contribution in [1.29, 1.82) is 0 Å². The summed E-state index contributed by atoms with van der Waals surface area (Å²) >= 11 is 0. The second kappa shape index (κ2) is 6.64. The molecule has 2 aliphatic heterocycles. The van der Waals surface area contributed by atoms with Gasteiger partial charge in [0.15, 0.2) is 5.41 Å². The minimum absolute atomic E-state index is 0.0438. The normalized spacial score (nSPS) is 20.7. The van der Waals surface area contributed by atoms with Crippen LogP contribution >= 0.6 is 0 Å². The number of para-hydroxylation sites is 1. The fraction of sp³-hybridized carbons (Fsp3) is 0.211. The van der Waals surface area contributed by atoms with Gasteiger partial charge >= 0.3 is 17.9 Å². The Bertz CT molecular complexity index is 930. The Balaban J connectivity index is 2.30. The first-order valence-electron chi connectivity index (χ1n) is 8.06. The molecule has 3 N–H and O–H groups in total. The molecule has 1 spiro atoms. The molecule has 0 fully saturated rings. The molecule has 0 saturated heterocycles. The molecule has 0 radical (unpaired) electrons. The maximum absolute atomic E-state index is 13.0. The fourth-order valence-electron chi connectivity index (χ4n) is 3.36. The number of methoxy groups -OCH3 is 1. The van der Waals surface area contributed by atoms with Crippen LogP contribution in [0.2, 0.25) is 0 Å². The van der Waals surface area contributed by atoms with E-state index in [0.717, 1.165) is 0 Å². The second-order valence-electron chi connectivity index (χ2n) is 5.93. The van der Waals surface area contributed by atoms with E-state index in [9.17, 15) is 14.4 Å². The highest BCUT2D eigenvalue weighted by Gasteiger charge is 2.61. The molecule has 0 aromatic heterocycles. The number of cyclic esters (lactones) is 1. The van der Waals surface area contributed by atoms with Gasteiger partial charge in [0.25, 0.3) is 0 Å². The molecule has 0 unspecified atom stereocenters. The Morgan fingerprint density at radius 3 is 2.70 bits per heavy atom. The van der Waals surface area contributed by atoms with E-state index in [-0.39, 0.29) is 17.9 Å². The Morgan fingerprint density at radius 2 is 2.04 bits per heavy atom. The van der Waals surface area contributed by atoms with Gasteiger partial charge in [-0.1, -0.05) is 30.9 Å². The summed E-state index contributed by atoms with van der Waals surface area (Å²) in [5, 5.41) is 3.06. The predicted octanol–water partition coefficient (Wildman–Crippen LogP) is 1.25. The summed E-state index contributed by atoms with van der Waals surface area (Å²) in [5.74, 6) is -3.02. The number of nitrogens with two attached hydrogens (primary N) is 1. The van der Waals surface area contributed by atoms with Crippen molar-refractivity contribution in [3.05, 3.63) is 65.2 Å². The minimum Gasteiger partial charge on any atom is -0.466 e. The van der Waals surface area contributed by atoms with Crippen molar-refractivity contribution in [1.82, 2.24) is 0 Å². The van der Waals surface area contributed by atoms with Gasteiger partial charge in [0.2, 0.25) is 5.76 Å². The van der Waals surface area contributed by atoms with Gasteiger partial charge in [0, 0.05) is 16.9 Å². The summed E-state index contributed by atoms with van der Waals surface area (Å²) in [5.41, 5.74) is 5.48. The average Bonchev–Trinajstić information content (AvgIpc) is 2.91. The molecular weight excluding hydrogens is 352 g/mol. The van der Waals surface area contributed by atoms with Crippen molar-refractivity contribution in [3.63, 3.8) is 0 Å². The van der Waals surface area contributed by atoms with Gasteiger partial charge in [-0.15, -0.1) is 0 Å². The van der Waals surface area contributed by atoms with Gasteiger partial charge in [0.05, 0.1) is 18.4 Å². The molecule has 1 aromatic rings. The van der Waals surface area contributed by atoms with Crippen LogP contribution in [0.25, 0.3) is 0 Å². The molecule has 0 bridgehead atoms. The lowest BCUT2D eigenvalue weighted by molar-refractivity contribution is -0.150. The first-order valence-corrected chi connectivity index (χ1v) is 8.06. The molecule has 0 amide bonds. The van der Waals surface area contributed by atoms with E-state index in [4.69, 9.17) is 19.9 Å². The molecule has 140 valence electrons. The first-order chi connectivity index (χ1) is 12.9. The highest BCUT2D eigenvalue weighted by Crippen LogP contribution is 2.51. The van der Waals surface area contributed by atoms with E-state index in [1.54, 1.807) is 31.2 Å². The summed E-state index contributed by atoms with van der Waals surface area (Å²) in [4.78, 5) is 37.9. The highest BCUT2D eigenvalue weighted by atomic mass is 16.6. The molecule has 27 heavy (non-hydrogen) atoms. The van der Waals surface area contributed by atoms with Gasteiger partial charge in [-0.3, -0.25) is 0 Å². The molecule has 1 atom stereocenters. The third kappa shape index (κ3) is 2.49. The van der Waals surface area contributed by atoms with E-state index in [1.165, 1.54) is 13.2 Å². The monoisotopic (exact) mass is 370 g/mol. The second-order valence-corrected chi connectivity index (χ2v) is 5.93. The van der Waals surface area contributed by atoms with Crippen molar-refractivity contribution >= 4 is 23.6 Å². The first kappa shape index (κ1) is 18.2. The maximum Gasteiger partial charge on any atom is 0.376 e. The van der Waals surface area contributed by atoms with Gasteiger partial charge in [0.1, 0.15) is 6.61 Å². The maximum atomic E-state index is 13.0. The largest absolute Gasteiger partial charge is 0.466 e. The number of esters is 3. The number of hydrogen-bond donors (Lipinski definition) is 2. The Kier molecular flexibility index (Phi) is 4.49. The summed E-state index contributed by atoms with van der Waals surface area (Å²) in [7, 11) is 1.19. The molecule has 3 rings (SSSR count). The van der Waals surface area contributed by atoms with E-state index < -0.39 is 29.1 Å². The average molecular weight is 370 g/mol. The van der Waals surface area contributed by atoms with Crippen LogP contribution < -0.4 is 11.1 Å². The molecule has 0 saturated carbocycles. The van der Waals surface area contributed by atoms with Crippen molar-refractivity contribution in [2.45, 2.75) is 12.3 Å². The smallest absolute Gasteiger partial charge is 0.376 e. The van der Waals surface area contributed by atoms with E-state index in [0.29, 0.717) is 16.9 Å². The molecule has 8 heteroatoms. The van der Waals surface area contributed by atoms with Gasteiger partial charge in [-0.25, -0.2) is 14.4 Å². The lowest BCUT2D eigenvalue weighted by atomic mass is 9.69. The minimum atomic E-state index is -1.80. The van der Waals surface area contributed by atoms with Crippen LogP contribution in [0, 0.1) is 0 Å². The Labute approximate surface area is 155 Å². The molecular formula is C19H18N2O6. The third-order valence-corrected chi connectivity index (χ3v) is 4.46. The number of ether oxygens (including phenoxy) is 3. The quantitative estimate of drug-likeness (QED) is 0.462. The summed E-state index contributed by atoms with van der Waals surface area (Å²) in [6.45, 7) is 4.98. The molecule has 0 aliphatic carbocycles. The predicted molar refractivity (Wildman–Crippen MR) is 94.9 cm³/mol. The topological polar surface area (TPSA) is 117 Å². The molecule has 1 aromatic carbocycles. The van der Waals surface area contributed by atoms with E-state index >= 15 is 0 Å². The number of hydrogen-bond acceptors (Lipinski definition) is 8. The highest BCUT2D eigenvalue weighted by molar-refractivity contribution is 6.12. The number of carbonyl (C=O) groups excluding carboxylic acids is 3. The summed E-state index contributed by atoms with van der Waals surface area (Å²) in [6.07, 6.45) is 1.37. The number of carbonyl (C=O) groups is 3. The molecule has 2 aliphatic rings. The Hall–Kier alpha value is -3.55. The Morgan fingerprint density at radius 1 is 1.33 bits per heavy atom. The SMILES string of the molecule is C=CCOC(=O)C1=C(N)[C@]2(C(=O)O1)C(C(=O)OC)=C(C)Nc1ccccc12. The number of rotatable bonds is 4. The van der Waals surface area contributed by atoms with Crippen LogP contribution in [0.4, 0.5) is 5.69 Å². The fourth-order valence-corrected chi connectivity index (χ4v) is 3.36. The van der Waals surface area contributed by atoms with Crippen molar-refractivity contribution in [3.8, 4) is 0 Å². The van der Waals surface area contributed by atoms with Crippen molar-refractivity contribution in [2.75, 3.05) is 19.0 Å². The molecule has 8 nitrogen and oxygen atoms in total. The zero-order valence-corrected chi connectivity index (χ0v) is 14.8. The van der Waals surface area contributed by atoms with Gasteiger partial charge in [-0.05, 0) is 13.0 Å². The summed E-state index contributed by atoms with van der Waals surface area (Å²) < 4.78 is 15.0. The number of nitrogens with one attached hydrogen (secondary N) is 1. The van der Waals surface area contributed by atoms with Crippen molar-refractivity contribution < 1.29 is 28.6 Å². The lowest BCUT2D eigenvalue weighted by Crippen LogP contribution is -2.46.